The Morgan fingerprint density at radius 3 is 2.64 bits per heavy atom. The summed E-state index contributed by atoms with van der Waals surface area (Å²) in [4.78, 5) is 6.78. The molecule has 0 amide bonds. The van der Waals surface area contributed by atoms with Gasteiger partial charge in [0.15, 0.2) is 5.82 Å². The summed E-state index contributed by atoms with van der Waals surface area (Å²) in [5.41, 5.74) is 0.435. The summed E-state index contributed by atoms with van der Waals surface area (Å²) in [6.07, 6.45) is 5.86. The molecule has 2 aliphatic heterocycles. The molecule has 0 aliphatic carbocycles. The van der Waals surface area contributed by atoms with Crippen molar-refractivity contribution >= 4 is 0 Å². The molecule has 1 aromatic carbocycles. The van der Waals surface area contributed by atoms with E-state index in [9.17, 15) is 8.78 Å². The number of rotatable bonds is 6. The van der Waals surface area contributed by atoms with Gasteiger partial charge < -0.3 is 9.26 Å². The van der Waals surface area contributed by atoms with Crippen molar-refractivity contribution in [2.45, 2.75) is 51.0 Å². The lowest BCUT2D eigenvalue weighted by Gasteiger charge is -2.31. The van der Waals surface area contributed by atoms with Gasteiger partial charge in [-0.05, 0) is 69.3 Å². The van der Waals surface area contributed by atoms with E-state index >= 15 is 0 Å². The van der Waals surface area contributed by atoms with Crippen molar-refractivity contribution < 1.29 is 18.0 Å². The number of nitrogens with zero attached hydrogens (tertiary/aromatic N) is 3. The second-order valence-electron chi connectivity index (χ2n) is 7.93. The van der Waals surface area contributed by atoms with Crippen LogP contribution < -0.4 is 0 Å². The minimum atomic E-state index is -0.383. The first-order valence-electron chi connectivity index (χ1n) is 10.2. The summed E-state index contributed by atoms with van der Waals surface area (Å²) in [5, 5.41) is 4.16. The van der Waals surface area contributed by atoms with Crippen molar-refractivity contribution in [3.8, 4) is 0 Å². The molecule has 1 aromatic heterocycles. The summed E-state index contributed by atoms with van der Waals surface area (Å²) in [6.45, 7) is 3.81. The standard InChI is InChI=1S/C21H27F2N3O2/c22-18-2-3-19(23)17(13-18)14-26-9-5-15(6-10-26)1-4-20-24-21(25-28-20)16-7-11-27-12-8-16/h2-3,13,15-16H,1,4-12,14H2. The number of hydrogen-bond donors (Lipinski definition) is 0. The third kappa shape index (κ3) is 4.94. The fourth-order valence-corrected chi connectivity index (χ4v) is 4.16. The maximum Gasteiger partial charge on any atom is 0.226 e. The van der Waals surface area contributed by atoms with Gasteiger partial charge in [-0.25, -0.2) is 8.78 Å². The number of ether oxygens (including phenoxy) is 1. The highest BCUT2D eigenvalue weighted by Crippen LogP contribution is 2.26. The summed E-state index contributed by atoms with van der Waals surface area (Å²) < 4.78 is 38.0. The van der Waals surface area contributed by atoms with Crippen LogP contribution in [0.2, 0.25) is 0 Å². The van der Waals surface area contributed by atoms with E-state index in [-0.39, 0.29) is 11.6 Å². The lowest BCUT2D eigenvalue weighted by molar-refractivity contribution is 0.0830. The van der Waals surface area contributed by atoms with Gasteiger partial charge in [0.1, 0.15) is 11.6 Å². The normalized spacial score (nSPS) is 19.9. The van der Waals surface area contributed by atoms with Crippen LogP contribution in [-0.4, -0.2) is 41.3 Å². The molecule has 0 atom stereocenters. The molecule has 4 rings (SSSR count). The van der Waals surface area contributed by atoms with E-state index in [2.05, 4.69) is 15.0 Å². The Kier molecular flexibility index (Phi) is 6.32. The minimum absolute atomic E-state index is 0.333. The fourth-order valence-electron chi connectivity index (χ4n) is 4.16. The van der Waals surface area contributed by atoms with Gasteiger partial charge in [-0.1, -0.05) is 5.16 Å². The highest BCUT2D eigenvalue weighted by atomic mass is 19.1. The maximum absolute atomic E-state index is 13.8. The molecule has 0 saturated carbocycles. The molecule has 2 aromatic rings. The van der Waals surface area contributed by atoms with Gasteiger partial charge in [0.05, 0.1) is 0 Å². The molecule has 0 spiro atoms. The molecule has 5 nitrogen and oxygen atoms in total. The fraction of sp³-hybridized carbons (Fsp3) is 0.619. The first-order chi connectivity index (χ1) is 13.7. The molecule has 0 unspecified atom stereocenters. The van der Waals surface area contributed by atoms with Crippen LogP contribution in [0.1, 0.15) is 55.3 Å². The van der Waals surface area contributed by atoms with Gasteiger partial charge in [0.2, 0.25) is 5.89 Å². The average Bonchev–Trinajstić information content (AvgIpc) is 3.20. The lowest BCUT2D eigenvalue weighted by Crippen LogP contribution is -2.33. The third-order valence-corrected chi connectivity index (χ3v) is 5.95. The van der Waals surface area contributed by atoms with E-state index in [1.807, 2.05) is 0 Å². The SMILES string of the molecule is Fc1ccc(F)c(CN2CCC(CCc3nc(C4CCOCC4)no3)CC2)c1. The first-order valence-corrected chi connectivity index (χ1v) is 10.2. The molecule has 28 heavy (non-hydrogen) atoms. The number of hydrogen-bond acceptors (Lipinski definition) is 5. The van der Waals surface area contributed by atoms with Gasteiger partial charge in [-0.15, -0.1) is 0 Å². The molecule has 2 aliphatic rings. The van der Waals surface area contributed by atoms with Crippen molar-refractivity contribution in [2.24, 2.45) is 5.92 Å². The smallest absolute Gasteiger partial charge is 0.226 e. The van der Waals surface area contributed by atoms with E-state index in [0.717, 1.165) is 82.6 Å². The Morgan fingerprint density at radius 1 is 1.07 bits per heavy atom. The zero-order valence-electron chi connectivity index (χ0n) is 16.1. The van der Waals surface area contributed by atoms with Crippen molar-refractivity contribution in [3.63, 3.8) is 0 Å². The summed E-state index contributed by atoms with van der Waals surface area (Å²) >= 11 is 0. The summed E-state index contributed by atoms with van der Waals surface area (Å²) in [5.74, 6) is 1.80. The number of piperidine rings is 1. The van der Waals surface area contributed by atoms with Gasteiger partial charge in [-0.3, -0.25) is 4.90 Å². The highest BCUT2D eigenvalue weighted by molar-refractivity contribution is 5.18. The summed E-state index contributed by atoms with van der Waals surface area (Å²) in [7, 11) is 0. The highest BCUT2D eigenvalue weighted by Gasteiger charge is 2.23. The van der Waals surface area contributed by atoms with Crippen molar-refractivity contribution in [3.05, 3.63) is 47.1 Å². The monoisotopic (exact) mass is 391 g/mol. The van der Waals surface area contributed by atoms with Crippen LogP contribution in [0.4, 0.5) is 8.78 Å². The zero-order valence-corrected chi connectivity index (χ0v) is 16.1. The minimum Gasteiger partial charge on any atom is -0.381 e. The van der Waals surface area contributed by atoms with Crippen LogP contribution in [0.25, 0.3) is 0 Å². The van der Waals surface area contributed by atoms with Crippen molar-refractivity contribution in [1.29, 1.82) is 0 Å². The number of likely N-dealkylation sites (tertiary alicyclic amines) is 1. The Labute approximate surface area is 164 Å². The van der Waals surface area contributed by atoms with E-state index in [0.29, 0.717) is 23.9 Å². The molecular formula is C21H27F2N3O2. The zero-order chi connectivity index (χ0) is 19.3. The van der Waals surface area contributed by atoms with Crippen LogP contribution in [-0.2, 0) is 17.7 Å². The Hall–Kier alpha value is -1.86. The molecule has 0 radical (unpaired) electrons. The molecule has 0 N–H and O–H groups in total. The van der Waals surface area contributed by atoms with E-state index in [1.165, 1.54) is 12.1 Å². The second kappa shape index (κ2) is 9.09. The molecule has 2 fully saturated rings. The van der Waals surface area contributed by atoms with E-state index < -0.39 is 0 Å². The molecule has 2 saturated heterocycles. The lowest BCUT2D eigenvalue weighted by atomic mass is 9.92. The largest absolute Gasteiger partial charge is 0.381 e. The molecular weight excluding hydrogens is 364 g/mol. The van der Waals surface area contributed by atoms with Gasteiger partial charge in [-0.2, -0.15) is 4.98 Å². The quantitative estimate of drug-likeness (QED) is 0.743. The molecule has 3 heterocycles. The van der Waals surface area contributed by atoms with E-state index in [4.69, 9.17) is 9.26 Å². The average molecular weight is 391 g/mol. The van der Waals surface area contributed by atoms with Gasteiger partial charge >= 0.3 is 0 Å². The van der Waals surface area contributed by atoms with Crippen LogP contribution in [0, 0.1) is 17.6 Å². The number of aromatic nitrogens is 2. The van der Waals surface area contributed by atoms with Gasteiger partial charge in [0, 0.05) is 37.7 Å². The number of benzene rings is 1. The maximum atomic E-state index is 13.8. The van der Waals surface area contributed by atoms with E-state index in [1.54, 1.807) is 0 Å². The van der Waals surface area contributed by atoms with Crippen molar-refractivity contribution in [2.75, 3.05) is 26.3 Å². The van der Waals surface area contributed by atoms with Gasteiger partial charge in [0.25, 0.3) is 0 Å². The van der Waals surface area contributed by atoms with Crippen molar-refractivity contribution in [1.82, 2.24) is 15.0 Å². The predicted octanol–water partition coefficient (Wildman–Crippen LogP) is 4.09. The number of halogens is 2. The number of aryl methyl sites for hydroxylation is 1. The summed E-state index contributed by atoms with van der Waals surface area (Å²) in [6, 6.07) is 3.67. The Morgan fingerprint density at radius 2 is 1.86 bits per heavy atom. The predicted molar refractivity (Wildman–Crippen MR) is 99.8 cm³/mol. The first kappa shape index (κ1) is 19.5. The molecule has 7 heteroatoms. The Bertz CT molecular complexity index is 769. The van der Waals surface area contributed by atoms with Crippen LogP contribution in [0.5, 0.6) is 0 Å². The topological polar surface area (TPSA) is 51.4 Å². The second-order valence-corrected chi connectivity index (χ2v) is 7.93. The van der Waals surface area contributed by atoms with Crippen LogP contribution in [0.15, 0.2) is 22.7 Å². The third-order valence-electron chi connectivity index (χ3n) is 5.95. The molecule has 152 valence electrons. The molecule has 0 bridgehead atoms. The Balaban J connectivity index is 1.21. The van der Waals surface area contributed by atoms with Crippen LogP contribution >= 0.6 is 0 Å². The van der Waals surface area contributed by atoms with Crippen LogP contribution in [0.3, 0.4) is 0 Å².